The molecule has 2 aromatic rings. The lowest BCUT2D eigenvalue weighted by Crippen LogP contribution is -2.33. The molecular formula is C18H21ClN2O3S. The van der Waals surface area contributed by atoms with E-state index in [9.17, 15) is 13.2 Å². The quantitative estimate of drug-likeness (QED) is 0.829. The van der Waals surface area contributed by atoms with Crippen molar-refractivity contribution in [1.29, 1.82) is 0 Å². The van der Waals surface area contributed by atoms with Crippen LogP contribution in [0, 0.1) is 13.8 Å². The van der Waals surface area contributed by atoms with Crippen molar-refractivity contribution < 1.29 is 13.2 Å². The van der Waals surface area contributed by atoms with Crippen LogP contribution in [0.25, 0.3) is 0 Å². The fourth-order valence-corrected chi connectivity index (χ4v) is 3.52. The van der Waals surface area contributed by atoms with Gasteiger partial charge in [-0.15, -0.1) is 0 Å². The minimum Gasteiger partial charge on any atom is -0.326 e. The lowest BCUT2D eigenvalue weighted by Gasteiger charge is -2.22. The van der Waals surface area contributed by atoms with E-state index in [4.69, 9.17) is 11.6 Å². The summed E-state index contributed by atoms with van der Waals surface area (Å²) in [7, 11) is -3.49. The summed E-state index contributed by atoms with van der Waals surface area (Å²) in [4.78, 5) is 12.2. The van der Waals surface area contributed by atoms with Crippen LogP contribution < -0.4 is 9.62 Å². The van der Waals surface area contributed by atoms with Gasteiger partial charge in [0.1, 0.15) is 0 Å². The van der Waals surface area contributed by atoms with E-state index in [-0.39, 0.29) is 18.9 Å². The molecule has 0 saturated carbocycles. The van der Waals surface area contributed by atoms with E-state index in [1.54, 1.807) is 36.4 Å². The molecule has 0 bridgehead atoms. The summed E-state index contributed by atoms with van der Waals surface area (Å²) in [5, 5.41) is 3.34. The third-order valence-corrected chi connectivity index (χ3v) is 5.38. The Labute approximate surface area is 153 Å². The fraction of sp³-hybridized carbons (Fsp3) is 0.278. The van der Waals surface area contributed by atoms with E-state index >= 15 is 0 Å². The molecule has 0 aliphatic heterocycles. The third-order valence-electron chi connectivity index (χ3n) is 3.77. The van der Waals surface area contributed by atoms with Gasteiger partial charge in [0.05, 0.1) is 11.9 Å². The molecule has 2 rings (SSSR count). The van der Waals surface area contributed by atoms with Crippen molar-refractivity contribution in [2.24, 2.45) is 0 Å². The number of halogens is 1. The molecule has 0 radical (unpaired) electrons. The van der Waals surface area contributed by atoms with Crippen molar-refractivity contribution in [2.75, 3.05) is 22.4 Å². The molecule has 7 heteroatoms. The highest BCUT2D eigenvalue weighted by atomic mass is 35.5. The second-order valence-electron chi connectivity index (χ2n) is 5.88. The molecular weight excluding hydrogens is 360 g/mol. The second kappa shape index (κ2) is 7.89. The third kappa shape index (κ3) is 5.21. The Bertz CT molecular complexity index is 882. The molecule has 2 aromatic carbocycles. The molecule has 1 N–H and O–H groups in total. The van der Waals surface area contributed by atoms with Gasteiger partial charge < -0.3 is 5.32 Å². The minimum atomic E-state index is -3.49. The van der Waals surface area contributed by atoms with Gasteiger partial charge in [0.2, 0.25) is 15.9 Å². The topological polar surface area (TPSA) is 66.5 Å². The largest absolute Gasteiger partial charge is 0.326 e. The van der Waals surface area contributed by atoms with Gasteiger partial charge in [-0.05, 0) is 49.2 Å². The lowest BCUT2D eigenvalue weighted by atomic mass is 10.2. The molecule has 25 heavy (non-hydrogen) atoms. The summed E-state index contributed by atoms with van der Waals surface area (Å²) < 4.78 is 25.4. The maximum absolute atomic E-state index is 12.2. The molecule has 0 unspecified atom stereocenters. The molecule has 0 aromatic heterocycles. The van der Waals surface area contributed by atoms with Crippen LogP contribution in [-0.4, -0.2) is 27.1 Å². The summed E-state index contributed by atoms with van der Waals surface area (Å²) in [6.07, 6.45) is 1.17. The number of hydrogen-bond acceptors (Lipinski definition) is 3. The van der Waals surface area contributed by atoms with Crippen LogP contribution in [0.1, 0.15) is 17.5 Å². The maximum atomic E-state index is 12.2. The van der Waals surface area contributed by atoms with Gasteiger partial charge in [0, 0.05) is 23.7 Å². The summed E-state index contributed by atoms with van der Waals surface area (Å²) in [5.41, 5.74) is 2.90. The molecule has 0 spiro atoms. The molecule has 1 amide bonds. The van der Waals surface area contributed by atoms with Crippen molar-refractivity contribution in [3.05, 3.63) is 58.6 Å². The van der Waals surface area contributed by atoms with Crippen LogP contribution in [0.2, 0.25) is 5.02 Å². The fourth-order valence-electron chi connectivity index (χ4n) is 2.43. The molecule has 0 heterocycles. The van der Waals surface area contributed by atoms with Crippen LogP contribution in [0.15, 0.2) is 42.5 Å². The van der Waals surface area contributed by atoms with E-state index in [1.807, 2.05) is 19.9 Å². The summed E-state index contributed by atoms with van der Waals surface area (Å²) in [6.45, 7) is 3.76. The Morgan fingerprint density at radius 2 is 1.84 bits per heavy atom. The monoisotopic (exact) mass is 380 g/mol. The lowest BCUT2D eigenvalue weighted by molar-refractivity contribution is -0.116. The average Bonchev–Trinajstić information content (AvgIpc) is 2.51. The Balaban J connectivity index is 2.10. The number of nitrogens with zero attached hydrogens (tertiary/aromatic N) is 1. The zero-order valence-corrected chi connectivity index (χ0v) is 16.0. The number of anilines is 2. The number of rotatable bonds is 6. The first-order valence-electron chi connectivity index (χ1n) is 7.78. The van der Waals surface area contributed by atoms with Crippen molar-refractivity contribution in [1.82, 2.24) is 0 Å². The zero-order valence-electron chi connectivity index (χ0n) is 14.4. The van der Waals surface area contributed by atoms with Crippen LogP contribution in [0.5, 0.6) is 0 Å². The number of amides is 1. The summed E-state index contributed by atoms with van der Waals surface area (Å²) >= 11 is 6.04. The molecule has 0 aliphatic rings. The zero-order chi connectivity index (χ0) is 18.6. The molecule has 5 nitrogen and oxygen atoms in total. The van der Waals surface area contributed by atoms with E-state index in [0.717, 1.165) is 17.4 Å². The molecule has 0 fully saturated rings. The molecule has 0 saturated heterocycles. The van der Waals surface area contributed by atoms with Gasteiger partial charge in [0.15, 0.2) is 0 Å². The molecule has 0 atom stereocenters. The van der Waals surface area contributed by atoms with Crippen LogP contribution >= 0.6 is 11.6 Å². The van der Waals surface area contributed by atoms with Gasteiger partial charge in [-0.25, -0.2) is 8.42 Å². The van der Waals surface area contributed by atoms with E-state index in [1.165, 1.54) is 4.31 Å². The molecule has 0 aliphatic carbocycles. The van der Waals surface area contributed by atoms with E-state index in [0.29, 0.717) is 16.4 Å². The summed E-state index contributed by atoms with van der Waals surface area (Å²) in [5.74, 6) is -0.272. The van der Waals surface area contributed by atoms with Crippen molar-refractivity contribution in [3.8, 4) is 0 Å². The maximum Gasteiger partial charge on any atom is 0.232 e. The van der Waals surface area contributed by atoms with Crippen molar-refractivity contribution in [3.63, 3.8) is 0 Å². The first-order chi connectivity index (χ1) is 11.7. The molecule has 134 valence electrons. The highest BCUT2D eigenvalue weighted by molar-refractivity contribution is 7.92. The van der Waals surface area contributed by atoms with Gasteiger partial charge in [-0.1, -0.05) is 29.8 Å². The first kappa shape index (κ1) is 19.3. The van der Waals surface area contributed by atoms with E-state index < -0.39 is 10.0 Å². The number of carbonyl (C=O) groups is 1. The second-order valence-corrected chi connectivity index (χ2v) is 8.20. The SMILES string of the molecule is Cc1cccc(N(CCC(=O)Nc2cccc(Cl)c2C)S(C)(=O)=O)c1. The standard InChI is InChI=1S/C18H21ClN2O3S/c1-13-6-4-7-15(12-13)21(25(3,23)24)11-10-18(22)20-17-9-5-8-16(19)14(17)2/h4-9,12H,10-11H2,1-3H3,(H,20,22). The normalized spacial score (nSPS) is 11.2. The van der Waals surface area contributed by atoms with Gasteiger partial charge in [-0.3, -0.25) is 9.10 Å². The minimum absolute atomic E-state index is 0.0347. The smallest absolute Gasteiger partial charge is 0.232 e. The predicted molar refractivity (Wildman–Crippen MR) is 103 cm³/mol. The number of sulfonamides is 1. The van der Waals surface area contributed by atoms with Crippen LogP contribution in [0.3, 0.4) is 0 Å². The van der Waals surface area contributed by atoms with Gasteiger partial charge >= 0.3 is 0 Å². The van der Waals surface area contributed by atoms with Crippen molar-refractivity contribution >= 4 is 38.9 Å². The van der Waals surface area contributed by atoms with Crippen molar-refractivity contribution in [2.45, 2.75) is 20.3 Å². The Hall–Kier alpha value is -2.05. The highest BCUT2D eigenvalue weighted by Crippen LogP contribution is 2.23. The Morgan fingerprint density at radius 3 is 2.48 bits per heavy atom. The number of benzene rings is 2. The van der Waals surface area contributed by atoms with Gasteiger partial charge in [0.25, 0.3) is 0 Å². The van der Waals surface area contributed by atoms with E-state index in [2.05, 4.69) is 5.32 Å². The number of carbonyl (C=O) groups excluding carboxylic acids is 1. The Morgan fingerprint density at radius 1 is 1.16 bits per heavy atom. The Kier molecular flexibility index (Phi) is 6.08. The predicted octanol–water partition coefficient (Wildman–Crippen LogP) is 3.75. The number of hydrogen-bond donors (Lipinski definition) is 1. The highest BCUT2D eigenvalue weighted by Gasteiger charge is 2.19. The summed E-state index contributed by atoms with van der Waals surface area (Å²) in [6, 6.07) is 12.4. The van der Waals surface area contributed by atoms with Crippen LogP contribution in [0.4, 0.5) is 11.4 Å². The van der Waals surface area contributed by atoms with Crippen LogP contribution in [-0.2, 0) is 14.8 Å². The number of aryl methyl sites for hydroxylation is 1. The average molecular weight is 381 g/mol. The first-order valence-corrected chi connectivity index (χ1v) is 10.0. The number of nitrogens with one attached hydrogen (secondary N) is 1. The van der Waals surface area contributed by atoms with Gasteiger partial charge in [-0.2, -0.15) is 0 Å².